The molecule has 0 aliphatic rings. The molecule has 3 rings (SSSR count). The van der Waals surface area contributed by atoms with Crippen LogP contribution in [0.5, 0.6) is 0 Å². The molecule has 6 heteroatoms. The van der Waals surface area contributed by atoms with Gasteiger partial charge in [0.05, 0.1) is 0 Å². The number of halogens is 1. The van der Waals surface area contributed by atoms with Crippen LogP contribution in [0.25, 0.3) is 17.0 Å². The Morgan fingerprint density at radius 2 is 1.89 bits per heavy atom. The monoisotopic (exact) mass is 273 g/mol. The Labute approximate surface area is 113 Å². The van der Waals surface area contributed by atoms with Gasteiger partial charge in [-0.15, -0.1) is 10.2 Å². The molecule has 94 valence electrons. The number of aromatic nitrogens is 3. The van der Waals surface area contributed by atoms with Crippen LogP contribution in [0.2, 0.25) is 5.02 Å². The van der Waals surface area contributed by atoms with Gasteiger partial charge in [0.25, 0.3) is 0 Å². The highest BCUT2D eigenvalue weighted by Crippen LogP contribution is 2.21. The molecule has 0 aliphatic carbocycles. The first-order chi connectivity index (χ1) is 9.16. The van der Waals surface area contributed by atoms with Crippen LogP contribution in [0.1, 0.15) is 10.4 Å². The third-order valence-corrected chi connectivity index (χ3v) is 3.02. The first-order valence-corrected chi connectivity index (χ1v) is 5.87. The van der Waals surface area contributed by atoms with E-state index in [4.69, 9.17) is 16.7 Å². The molecule has 5 nitrogen and oxygen atoms in total. The maximum Gasteiger partial charge on any atom is 0.339 e. The zero-order chi connectivity index (χ0) is 13.4. The van der Waals surface area contributed by atoms with Crippen LogP contribution in [-0.2, 0) is 0 Å². The van der Waals surface area contributed by atoms with Gasteiger partial charge in [-0.1, -0.05) is 11.6 Å². The maximum absolute atomic E-state index is 11.1. The fourth-order valence-corrected chi connectivity index (χ4v) is 2.00. The van der Waals surface area contributed by atoms with Crippen molar-refractivity contribution >= 4 is 23.2 Å². The Morgan fingerprint density at radius 1 is 1.16 bits per heavy atom. The molecule has 0 spiro atoms. The van der Waals surface area contributed by atoms with Gasteiger partial charge in [0, 0.05) is 16.8 Å². The quantitative estimate of drug-likeness (QED) is 0.779. The standard InChI is InChI=1S/C13H8ClN3O2/c14-9-5-3-8(4-6-9)11-15-16-12-10(13(18)19)2-1-7-17(11)12/h1-7H,(H,18,19). The average Bonchev–Trinajstić information content (AvgIpc) is 2.83. The van der Waals surface area contributed by atoms with Crippen molar-refractivity contribution < 1.29 is 9.90 Å². The van der Waals surface area contributed by atoms with Gasteiger partial charge < -0.3 is 5.11 Å². The lowest BCUT2D eigenvalue weighted by molar-refractivity contribution is 0.0698. The third kappa shape index (κ3) is 1.94. The lowest BCUT2D eigenvalue weighted by Gasteiger charge is -2.01. The van der Waals surface area contributed by atoms with Gasteiger partial charge in [0.15, 0.2) is 11.5 Å². The summed E-state index contributed by atoms with van der Waals surface area (Å²) in [6, 6.07) is 10.3. The van der Waals surface area contributed by atoms with Gasteiger partial charge in [-0.05, 0) is 36.4 Å². The van der Waals surface area contributed by atoms with E-state index in [0.29, 0.717) is 16.5 Å². The predicted octanol–water partition coefficient (Wildman–Crippen LogP) is 2.75. The van der Waals surface area contributed by atoms with Gasteiger partial charge >= 0.3 is 5.97 Å². The van der Waals surface area contributed by atoms with E-state index in [9.17, 15) is 4.79 Å². The van der Waals surface area contributed by atoms with Crippen LogP contribution < -0.4 is 0 Å². The van der Waals surface area contributed by atoms with Gasteiger partial charge in [0.1, 0.15) is 5.56 Å². The summed E-state index contributed by atoms with van der Waals surface area (Å²) < 4.78 is 1.65. The molecule has 0 aliphatic heterocycles. The average molecular weight is 274 g/mol. The van der Waals surface area contributed by atoms with Crippen molar-refractivity contribution in [3.8, 4) is 11.4 Å². The number of carboxylic acids is 1. The summed E-state index contributed by atoms with van der Waals surface area (Å²) in [7, 11) is 0. The Bertz CT molecular complexity index is 765. The zero-order valence-corrected chi connectivity index (χ0v) is 10.4. The molecule has 3 aromatic rings. The Balaban J connectivity index is 2.24. The highest BCUT2D eigenvalue weighted by molar-refractivity contribution is 6.30. The van der Waals surface area contributed by atoms with Crippen LogP contribution in [0.4, 0.5) is 0 Å². The summed E-state index contributed by atoms with van der Waals surface area (Å²) in [6.07, 6.45) is 1.73. The molecule has 2 aromatic heterocycles. The number of benzene rings is 1. The van der Waals surface area contributed by atoms with E-state index in [2.05, 4.69) is 10.2 Å². The van der Waals surface area contributed by atoms with Crippen molar-refractivity contribution in [2.45, 2.75) is 0 Å². The molecule has 2 heterocycles. The second kappa shape index (κ2) is 4.37. The van der Waals surface area contributed by atoms with Gasteiger partial charge in [0.2, 0.25) is 0 Å². The van der Waals surface area contributed by atoms with E-state index in [1.54, 1.807) is 28.8 Å². The second-order valence-electron chi connectivity index (χ2n) is 3.95. The molecule has 0 bridgehead atoms. The molecule has 0 radical (unpaired) electrons. The first kappa shape index (κ1) is 11.7. The normalized spacial score (nSPS) is 10.8. The van der Waals surface area contributed by atoms with E-state index in [0.717, 1.165) is 5.56 Å². The van der Waals surface area contributed by atoms with Crippen molar-refractivity contribution in [1.29, 1.82) is 0 Å². The lowest BCUT2D eigenvalue weighted by Crippen LogP contribution is -2.00. The highest BCUT2D eigenvalue weighted by Gasteiger charge is 2.14. The third-order valence-electron chi connectivity index (χ3n) is 2.77. The fourth-order valence-electron chi connectivity index (χ4n) is 1.88. The van der Waals surface area contributed by atoms with E-state index < -0.39 is 5.97 Å². The number of hydrogen-bond donors (Lipinski definition) is 1. The van der Waals surface area contributed by atoms with Crippen LogP contribution in [0.3, 0.4) is 0 Å². The molecule has 19 heavy (non-hydrogen) atoms. The Hall–Kier alpha value is -2.40. The summed E-state index contributed by atoms with van der Waals surface area (Å²) in [5, 5.41) is 17.7. The molecule has 0 atom stereocenters. The minimum Gasteiger partial charge on any atom is -0.478 e. The highest BCUT2D eigenvalue weighted by atomic mass is 35.5. The van der Waals surface area contributed by atoms with Crippen molar-refractivity contribution in [1.82, 2.24) is 14.6 Å². The van der Waals surface area contributed by atoms with Gasteiger partial charge in [-0.3, -0.25) is 4.40 Å². The summed E-state index contributed by atoms with van der Waals surface area (Å²) in [5.74, 6) is -0.449. The van der Waals surface area contributed by atoms with Crippen molar-refractivity contribution in [3.63, 3.8) is 0 Å². The van der Waals surface area contributed by atoms with Gasteiger partial charge in [-0.2, -0.15) is 0 Å². The van der Waals surface area contributed by atoms with Gasteiger partial charge in [-0.25, -0.2) is 4.79 Å². The number of aromatic carboxylic acids is 1. The second-order valence-corrected chi connectivity index (χ2v) is 4.39. The van der Waals surface area contributed by atoms with E-state index in [-0.39, 0.29) is 5.56 Å². The molecular weight excluding hydrogens is 266 g/mol. The van der Waals surface area contributed by atoms with Crippen molar-refractivity contribution in [3.05, 3.63) is 53.2 Å². The number of fused-ring (bicyclic) bond motifs is 1. The Kier molecular flexibility index (Phi) is 2.68. The number of rotatable bonds is 2. The molecule has 0 fully saturated rings. The van der Waals surface area contributed by atoms with E-state index in [1.807, 2.05) is 12.1 Å². The molecule has 0 unspecified atom stereocenters. The minimum absolute atomic E-state index is 0.121. The summed E-state index contributed by atoms with van der Waals surface area (Å²) in [4.78, 5) is 11.1. The smallest absolute Gasteiger partial charge is 0.339 e. The van der Waals surface area contributed by atoms with Crippen LogP contribution in [0.15, 0.2) is 42.6 Å². The van der Waals surface area contributed by atoms with Crippen LogP contribution >= 0.6 is 11.6 Å². The lowest BCUT2D eigenvalue weighted by atomic mass is 10.2. The predicted molar refractivity (Wildman–Crippen MR) is 70.4 cm³/mol. The SMILES string of the molecule is O=C(O)c1cccn2c(-c3ccc(Cl)cc3)nnc12. The molecule has 0 amide bonds. The fraction of sp³-hybridized carbons (Fsp3) is 0. The summed E-state index contributed by atoms with van der Waals surface area (Å²) in [6.45, 7) is 0. The largest absolute Gasteiger partial charge is 0.478 e. The van der Waals surface area contributed by atoms with E-state index in [1.165, 1.54) is 6.07 Å². The molecule has 1 N–H and O–H groups in total. The minimum atomic E-state index is -1.03. The van der Waals surface area contributed by atoms with E-state index >= 15 is 0 Å². The maximum atomic E-state index is 11.1. The van der Waals surface area contributed by atoms with Crippen LogP contribution in [0, 0.1) is 0 Å². The Morgan fingerprint density at radius 3 is 2.58 bits per heavy atom. The number of carbonyl (C=O) groups is 1. The van der Waals surface area contributed by atoms with Crippen molar-refractivity contribution in [2.75, 3.05) is 0 Å². The number of nitrogens with zero attached hydrogens (tertiary/aromatic N) is 3. The molecule has 0 saturated heterocycles. The van der Waals surface area contributed by atoms with Crippen molar-refractivity contribution in [2.24, 2.45) is 0 Å². The van der Waals surface area contributed by atoms with Crippen LogP contribution in [-0.4, -0.2) is 25.7 Å². The summed E-state index contributed by atoms with van der Waals surface area (Å²) in [5.41, 5.74) is 1.26. The molecule has 0 saturated carbocycles. The summed E-state index contributed by atoms with van der Waals surface area (Å²) >= 11 is 5.84. The number of hydrogen-bond acceptors (Lipinski definition) is 3. The molecule has 1 aromatic carbocycles. The first-order valence-electron chi connectivity index (χ1n) is 5.50. The molecular formula is C13H8ClN3O2. The zero-order valence-electron chi connectivity index (χ0n) is 9.62. The number of pyridine rings is 1. The topological polar surface area (TPSA) is 67.5 Å². The number of carboxylic acid groups (broad SMARTS) is 1.